The number of benzene rings is 3. The molecular weight excluding hydrogens is 481 g/mol. The first kappa shape index (κ1) is 24.4. The summed E-state index contributed by atoms with van der Waals surface area (Å²) in [5, 5.41) is 2.78. The van der Waals surface area contributed by atoms with Gasteiger partial charge in [-0.05, 0) is 65.8 Å². The smallest absolute Gasteiger partial charge is 0.255 e. The Bertz CT molecular complexity index is 1420. The van der Waals surface area contributed by atoms with E-state index in [1.165, 1.54) is 17.2 Å². The van der Waals surface area contributed by atoms with Crippen LogP contribution >= 0.6 is 0 Å². The molecule has 3 aliphatic rings. The fourth-order valence-electron chi connectivity index (χ4n) is 5.65. The van der Waals surface area contributed by atoms with Gasteiger partial charge in [0.15, 0.2) is 0 Å². The minimum Gasteiger partial charge on any atom is -0.489 e. The average molecular weight is 512 g/mol. The van der Waals surface area contributed by atoms with Gasteiger partial charge in [-0.1, -0.05) is 43.0 Å². The lowest BCUT2D eigenvalue weighted by Gasteiger charge is -2.31. The Morgan fingerprint density at radius 3 is 2.61 bits per heavy atom. The summed E-state index contributed by atoms with van der Waals surface area (Å²) in [6.45, 7) is 7.15. The van der Waals surface area contributed by atoms with Crippen molar-refractivity contribution in [3.05, 3.63) is 112 Å². The molecule has 7 heteroatoms. The number of allylic oxidation sites excluding steroid dienone is 1. The van der Waals surface area contributed by atoms with Crippen LogP contribution < -0.4 is 10.1 Å². The third kappa shape index (κ3) is 4.82. The van der Waals surface area contributed by atoms with Gasteiger partial charge in [0, 0.05) is 36.5 Å². The van der Waals surface area contributed by atoms with Crippen molar-refractivity contribution in [1.82, 2.24) is 15.1 Å². The zero-order valence-electron chi connectivity index (χ0n) is 21.2. The summed E-state index contributed by atoms with van der Waals surface area (Å²) in [5.74, 6) is 0.203. The van der Waals surface area contributed by atoms with E-state index in [1.807, 2.05) is 18.2 Å². The summed E-state index contributed by atoms with van der Waals surface area (Å²) in [7, 11) is 0. The van der Waals surface area contributed by atoms with E-state index in [-0.39, 0.29) is 17.6 Å². The minimum atomic E-state index is -0.490. The third-order valence-corrected chi connectivity index (χ3v) is 7.73. The van der Waals surface area contributed by atoms with E-state index in [2.05, 4.69) is 41.1 Å². The zero-order chi connectivity index (χ0) is 26.2. The van der Waals surface area contributed by atoms with E-state index in [9.17, 15) is 14.0 Å². The number of piperidine rings is 1. The summed E-state index contributed by atoms with van der Waals surface area (Å²) < 4.78 is 19.7. The van der Waals surface area contributed by atoms with Gasteiger partial charge in [-0.2, -0.15) is 0 Å². The zero-order valence-corrected chi connectivity index (χ0v) is 21.2. The third-order valence-electron chi connectivity index (χ3n) is 7.73. The number of fused-ring (bicyclic) bond motifs is 2. The molecule has 1 N–H and O–H groups in total. The number of hydrogen-bond acceptors (Lipinski definition) is 4. The van der Waals surface area contributed by atoms with Crippen molar-refractivity contribution in [2.45, 2.75) is 51.5 Å². The molecule has 1 unspecified atom stereocenters. The molecule has 6 nitrogen and oxygen atoms in total. The van der Waals surface area contributed by atoms with E-state index in [4.69, 9.17) is 4.74 Å². The van der Waals surface area contributed by atoms with Crippen LogP contribution in [0, 0.1) is 5.82 Å². The van der Waals surface area contributed by atoms with Crippen molar-refractivity contribution in [3.63, 3.8) is 0 Å². The normalized spacial score (nSPS) is 19.2. The monoisotopic (exact) mass is 511 g/mol. The molecule has 194 valence electrons. The van der Waals surface area contributed by atoms with Crippen LogP contribution in [0.4, 0.5) is 4.39 Å². The molecule has 3 heterocycles. The highest BCUT2D eigenvalue weighted by Crippen LogP contribution is 2.34. The molecule has 1 saturated heterocycles. The highest BCUT2D eigenvalue weighted by atomic mass is 19.1. The van der Waals surface area contributed by atoms with E-state index in [0.717, 1.165) is 42.7 Å². The van der Waals surface area contributed by atoms with Gasteiger partial charge in [-0.25, -0.2) is 4.39 Å². The van der Waals surface area contributed by atoms with Crippen LogP contribution in [0.2, 0.25) is 0 Å². The van der Waals surface area contributed by atoms with E-state index in [1.54, 1.807) is 17.0 Å². The Morgan fingerprint density at radius 2 is 1.79 bits per heavy atom. The predicted octanol–water partition coefficient (Wildman–Crippen LogP) is 4.71. The second-order valence-electron chi connectivity index (χ2n) is 10.3. The van der Waals surface area contributed by atoms with Crippen molar-refractivity contribution in [2.75, 3.05) is 6.54 Å². The molecule has 3 aromatic rings. The lowest BCUT2D eigenvalue weighted by atomic mass is 9.99. The molecule has 0 saturated carbocycles. The standard InChI is InChI=1S/C31H30FN3O3/c1-20-5-12-28(30(36)33-20)35-18-27-26(31(35)37)3-2-4-29(27)38-19-22-8-6-21(7-9-22)16-34-14-13-23-15-25(32)11-10-24(23)17-34/h2-4,6-11,15,28H,1,5,12-14,16-19H2,(H,33,36). The van der Waals surface area contributed by atoms with Crippen molar-refractivity contribution in [3.8, 4) is 5.75 Å². The SMILES string of the molecule is C=C1CCC(N2Cc3c(OCc4ccc(CN5CCc6cc(F)ccc6C5)cc4)cccc3C2=O)C(=O)N1. The molecule has 0 spiro atoms. The lowest BCUT2D eigenvalue weighted by molar-refractivity contribution is -0.126. The summed E-state index contributed by atoms with van der Waals surface area (Å²) in [6, 6.07) is 18.5. The molecule has 3 aliphatic heterocycles. The highest BCUT2D eigenvalue weighted by Gasteiger charge is 2.39. The topological polar surface area (TPSA) is 61.9 Å². The second kappa shape index (κ2) is 10.1. The maximum atomic E-state index is 13.5. The number of halogens is 1. The van der Waals surface area contributed by atoms with Crippen LogP contribution in [-0.2, 0) is 37.5 Å². The Kier molecular flexibility index (Phi) is 6.45. The van der Waals surface area contributed by atoms with Gasteiger partial charge in [0.05, 0.1) is 6.54 Å². The van der Waals surface area contributed by atoms with Crippen LogP contribution in [0.15, 0.2) is 72.9 Å². The molecule has 1 atom stereocenters. The van der Waals surface area contributed by atoms with Crippen molar-refractivity contribution >= 4 is 11.8 Å². The van der Waals surface area contributed by atoms with Crippen molar-refractivity contribution in [1.29, 1.82) is 0 Å². The number of carbonyl (C=O) groups excluding carboxylic acids is 2. The molecular formula is C31H30FN3O3. The fraction of sp³-hybridized carbons (Fsp3) is 0.290. The molecule has 3 aromatic carbocycles. The predicted molar refractivity (Wildman–Crippen MR) is 142 cm³/mol. The van der Waals surface area contributed by atoms with Crippen LogP contribution in [0.1, 0.15) is 51.0 Å². The van der Waals surface area contributed by atoms with Crippen LogP contribution in [0.3, 0.4) is 0 Å². The van der Waals surface area contributed by atoms with Crippen molar-refractivity contribution in [2.24, 2.45) is 0 Å². The molecule has 6 rings (SSSR count). The Morgan fingerprint density at radius 1 is 0.974 bits per heavy atom. The van der Waals surface area contributed by atoms with E-state index < -0.39 is 6.04 Å². The molecule has 0 aromatic heterocycles. The second-order valence-corrected chi connectivity index (χ2v) is 10.3. The van der Waals surface area contributed by atoms with Gasteiger partial charge in [-0.15, -0.1) is 0 Å². The first-order valence-corrected chi connectivity index (χ1v) is 13.1. The van der Waals surface area contributed by atoms with Gasteiger partial charge < -0.3 is 15.0 Å². The summed E-state index contributed by atoms with van der Waals surface area (Å²) >= 11 is 0. The van der Waals surface area contributed by atoms with Crippen LogP contribution in [0.5, 0.6) is 5.75 Å². The molecule has 0 bridgehead atoms. The maximum absolute atomic E-state index is 13.5. The van der Waals surface area contributed by atoms with E-state index >= 15 is 0 Å². The first-order valence-electron chi connectivity index (χ1n) is 13.1. The van der Waals surface area contributed by atoms with Gasteiger partial charge in [0.1, 0.15) is 24.2 Å². The summed E-state index contributed by atoms with van der Waals surface area (Å²) in [4.78, 5) is 29.6. The maximum Gasteiger partial charge on any atom is 0.255 e. The van der Waals surface area contributed by atoms with Crippen molar-refractivity contribution < 1.29 is 18.7 Å². The molecule has 38 heavy (non-hydrogen) atoms. The molecule has 2 amide bonds. The molecule has 0 aliphatic carbocycles. The Balaban J connectivity index is 1.08. The largest absolute Gasteiger partial charge is 0.489 e. The fourth-order valence-corrected chi connectivity index (χ4v) is 5.65. The first-order chi connectivity index (χ1) is 18.4. The highest BCUT2D eigenvalue weighted by molar-refractivity contribution is 6.02. The van der Waals surface area contributed by atoms with Crippen LogP contribution in [-0.4, -0.2) is 34.2 Å². The number of amides is 2. The number of hydrogen-bond donors (Lipinski definition) is 1. The van der Waals surface area contributed by atoms with Gasteiger partial charge >= 0.3 is 0 Å². The molecule has 1 fully saturated rings. The van der Waals surface area contributed by atoms with Gasteiger partial charge in [0.2, 0.25) is 5.91 Å². The van der Waals surface area contributed by atoms with E-state index in [0.29, 0.717) is 43.0 Å². The van der Waals surface area contributed by atoms with Gasteiger partial charge in [-0.3, -0.25) is 14.5 Å². The summed E-state index contributed by atoms with van der Waals surface area (Å²) in [6.07, 6.45) is 2.11. The Hall–Kier alpha value is -3.97. The van der Waals surface area contributed by atoms with Crippen LogP contribution in [0.25, 0.3) is 0 Å². The number of ether oxygens (including phenoxy) is 1. The number of rotatable bonds is 6. The number of carbonyl (C=O) groups is 2. The lowest BCUT2D eigenvalue weighted by Crippen LogP contribution is -2.49. The quantitative estimate of drug-likeness (QED) is 0.521. The summed E-state index contributed by atoms with van der Waals surface area (Å²) in [5.41, 5.74) is 6.69. The minimum absolute atomic E-state index is 0.132. The number of nitrogens with one attached hydrogen (secondary N) is 1. The number of nitrogens with zero attached hydrogens (tertiary/aromatic N) is 2. The molecule has 0 radical (unpaired) electrons. The average Bonchev–Trinajstić information content (AvgIpc) is 3.25. The van der Waals surface area contributed by atoms with Gasteiger partial charge in [0.25, 0.3) is 5.91 Å². The Labute approximate surface area is 221 Å².